The van der Waals surface area contributed by atoms with Crippen molar-refractivity contribution in [2.45, 2.75) is 13.0 Å². The second-order valence-corrected chi connectivity index (χ2v) is 5.31. The van der Waals surface area contributed by atoms with E-state index in [-0.39, 0.29) is 0 Å². The first-order valence-electron chi connectivity index (χ1n) is 6.50. The molecule has 2 aromatic rings. The molecule has 0 aliphatic carbocycles. The number of hydrogen-bond acceptors (Lipinski definition) is 3. The molecule has 1 heterocycles. The van der Waals surface area contributed by atoms with Gasteiger partial charge in [-0.05, 0) is 35.7 Å². The highest BCUT2D eigenvalue weighted by molar-refractivity contribution is 6.32. The summed E-state index contributed by atoms with van der Waals surface area (Å²) >= 11 is 6.11. The van der Waals surface area contributed by atoms with Gasteiger partial charge in [0, 0.05) is 18.8 Å². The fourth-order valence-corrected chi connectivity index (χ4v) is 2.91. The zero-order valence-electron chi connectivity index (χ0n) is 10.9. The first kappa shape index (κ1) is 12.8. The third-order valence-electron chi connectivity index (χ3n) is 3.75. The molecule has 100 valence electrons. The Bertz CT molecular complexity index is 703. The molecule has 0 spiro atoms. The fraction of sp³-hybridized carbons (Fsp3) is 0.188. The van der Waals surface area contributed by atoms with Gasteiger partial charge in [-0.3, -0.25) is 0 Å². The van der Waals surface area contributed by atoms with Gasteiger partial charge < -0.3 is 10.6 Å². The first-order chi connectivity index (χ1) is 9.70. The SMILES string of the molecule is N#Cc1c(Cl)cccc1N1CCc2cccc(N)c2C1. The van der Waals surface area contributed by atoms with Crippen molar-refractivity contribution in [2.24, 2.45) is 0 Å². The van der Waals surface area contributed by atoms with E-state index in [0.29, 0.717) is 10.6 Å². The van der Waals surface area contributed by atoms with Gasteiger partial charge in [0.1, 0.15) is 6.07 Å². The molecule has 3 rings (SSSR count). The van der Waals surface area contributed by atoms with E-state index in [4.69, 9.17) is 17.3 Å². The number of benzene rings is 2. The summed E-state index contributed by atoms with van der Waals surface area (Å²) in [5.74, 6) is 0. The normalized spacial score (nSPS) is 13.7. The summed E-state index contributed by atoms with van der Waals surface area (Å²) < 4.78 is 0. The van der Waals surface area contributed by atoms with Crippen molar-refractivity contribution in [1.82, 2.24) is 0 Å². The van der Waals surface area contributed by atoms with Gasteiger partial charge in [-0.25, -0.2) is 0 Å². The van der Waals surface area contributed by atoms with Gasteiger partial charge in [-0.1, -0.05) is 29.8 Å². The van der Waals surface area contributed by atoms with Crippen LogP contribution in [0.2, 0.25) is 5.02 Å². The Hall–Kier alpha value is -2.18. The van der Waals surface area contributed by atoms with Crippen LogP contribution in [-0.4, -0.2) is 6.54 Å². The molecule has 3 nitrogen and oxygen atoms in total. The van der Waals surface area contributed by atoms with Crippen LogP contribution in [0.15, 0.2) is 36.4 Å². The molecule has 1 aliphatic rings. The van der Waals surface area contributed by atoms with Gasteiger partial charge in [0.2, 0.25) is 0 Å². The lowest BCUT2D eigenvalue weighted by molar-refractivity contribution is 0.733. The molecule has 0 aromatic heterocycles. The number of rotatable bonds is 1. The quantitative estimate of drug-likeness (QED) is 0.817. The van der Waals surface area contributed by atoms with E-state index in [9.17, 15) is 5.26 Å². The van der Waals surface area contributed by atoms with Gasteiger partial charge in [-0.2, -0.15) is 5.26 Å². The minimum absolute atomic E-state index is 0.497. The number of fused-ring (bicyclic) bond motifs is 1. The zero-order chi connectivity index (χ0) is 14.1. The van der Waals surface area contributed by atoms with Crippen molar-refractivity contribution in [3.05, 3.63) is 58.1 Å². The van der Waals surface area contributed by atoms with Gasteiger partial charge >= 0.3 is 0 Å². The molecular weight excluding hydrogens is 270 g/mol. The van der Waals surface area contributed by atoms with Crippen LogP contribution in [0.5, 0.6) is 0 Å². The number of hydrogen-bond donors (Lipinski definition) is 1. The number of nitriles is 1. The molecule has 0 saturated heterocycles. The maximum atomic E-state index is 9.29. The van der Waals surface area contributed by atoms with Crippen LogP contribution in [0.4, 0.5) is 11.4 Å². The smallest absolute Gasteiger partial charge is 0.103 e. The molecular formula is C16H14ClN3. The molecule has 2 aromatic carbocycles. The minimum Gasteiger partial charge on any atom is -0.398 e. The molecule has 4 heteroatoms. The molecule has 0 fully saturated rings. The maximum Gasteiger partial charge on any atom is 0.103 e. The van der Waals surface area contributed by atoms with Gasteiger partial charge in [0.15, 0.2) is 0 Å². The highest BCUT2D eigenvalue weighted by Crippen LogP contribution is 2.32. The lowest BCUT2D eigenvalue weighted by Crippen LogP contribution is -2.31. The third-order valence-corrected chi connectivity index (χ3v) is 4.07. The second-order valence-electron chi connectivity index (χ2n) is 4.90. The highest BCUT2D eigenvalue weighted by Gasteiger charge is 2.21. The van der Waals surface area contributed by atoms with E-state index in [1.807, 2.05) is 24.3 Å². The van der Waals surface area contributed by atoms with E-state index in [1.165, 1.54) is 5.56 Å². The summed E-state index contributed by atoms with van der Waals surface area (Å²) in [5.41, 5.74) is 10.7. The van der Waals surface area contributed by atoms with Crippen LogP contribution in [0.3, 0.4) is 0 Å². The van der Waals surface area contributed by atoms with Crippen LogP contribution in [0.25, 0.3) is 0 Å². The summed E-state index contributed by atoms with van der Waals surface area (Å²) in [5, 5.41) is 9.79. The van der Waals surface area contributed by atoms with Crippen LogP contribution < -0.4 is 10.6 Å². The predicted molar refractivity (Wildman–Crippen MR) is 81.8 cm³/mol. The monoisotopic (exact) mass is 283 g/mol. The number of nitrogens with two attached hydrogens (primary N) is 1. The van der Waals surface area contributed by atoms with Crippen LogP contribution in [0, 0.1) is 11.3 Å². The Morgan fingerprint density at radius 1 is 1.20 bits per heavy atom. The molecule has 0 saturated carbocycles. The topological polar surface area (TPSA) is 53.0 Å². The summed E-state index contributed by atoms with van der Waals surface area (Å²) in [6.07, 6.45) is 0.928. The standard InChI is InChI=1S/C16H14ClN3/c17-14-4-2-6-16(12(14)9-18)20-8-7-11-3-1-5-15(19)13(11)10-20/h1-6H,7-8,10,19H2. The number of nitrogens with zero attached hydrogens (tertiary/aromatic N) is 2. The number of anilines is 2. The molecule has 2 N–H and O–H groups in total. The molecule has 1 aliphatic heterocycles. The Morgan fingerprint density at radius 2 is 2.00 bits per heavy atom. The second kappa shape index (κ2) is 5.07. The average Bonchev–Trinajstić information content (AvgIpc) is 2.47. The Balaban J connectivity index is 2.01. The van der Waals surface area contributed by atoms with Crippen LogP contribution in [-0.2, 0) is 13.0 Å². The largest absolute Gasteiger partial charge is 0.398 e. The summed E-state index contributed by atoms with van der Waals surface area (Å²) in [6.45, 7) is 1.59. The number of nitrogen functional groups attached to an aromatic ring is 1. The van der Waals surface area contributed by atoms with E-state index >= 15 is 0 Å². The first-order valence-corrected chi connectivity index (χ1v) is 6.88. The third kappa shape index (κ3) is 2.09. The molecule has 0 atom stereocenters. The Labute approximate surface area is 123 Å². The molecule has 20 heavy (non-hydrogen) atoms. The summed E-state index contributed by atoms with van der Waals surface area (Å²) in [4.78, 5) is 2.17. The van der Waals surface area contributed by atoms with E-state index in [2.05, 4.69) is 17.0 Å². The molecule has 0 radical (unpaired) electrons. The maximum absolute atomic E-state index is 9.29. The van der Waals surface area contributed by atoms with Crippen molar-refractivity contribution in [1.29, 1.82) is 5.26 Å². The van der Waals surface area contributed by atoms with Gasteiger partial charge in [0.05, 0.1) is 16.3 Å². The van der Waals surface area contributed by atoms with Gasteiger partial charge in [0.25, 0.3) is 0 Å². The molecule has 0 amide bonds. The number of halogens is 1. The Morgan fingerprint density at radius 3 is 2.80 bits per heavy atom. The lowest BCUT2D eigenvalue weighted by atomic mass is 9.97. The fourth-order valence-electron chi connectivity index (χ4n) is 2.70. The van der Waals surface area contributed by atoms with Crippen LogP contribution in [0.1, 0.15) is 16.7 Å². The van der Waals surface area contributed by atoms with Crippen LogP contribution >= 0.6 is 11.6 Å². The van der Waals surface area contributed by atoms with Gasteiger partial charge in [-0.15, -0.1) is 0 Å². The van der Waals surface area contributed by atoms with E-state index in [0.717, 1.165) is 36.4 Å². The lowest BCUT2D eigenvalue weighted by Gasteiger charge is -2.32. The van der Waals surface area contributed by atoms with E-state index in [1.54, 1.807) is 6.07 Å². The Kier molecular flexibility index (Phi) is 3.25. The minimum atomic E-state index is 0.497. The van der Waals surface area contributed by atoms with Crippen molar-refractivity contribution >= 4 is 23.0 Å². The molecule has 0 unspecified atom stereocenters. The van der Waals surface area contributed by atoms with Crippen molar-refractivity contribution < 1.29 is 0 Å². The van der Waals surface area contributed by atoms with Crippen molar-refractivity contribution in [3.63, 3.8) is 0 Å². The van der Waals surface area contributed by atoms with E-state index < -0.39 is 0 Å². The highest BCUT2D eigenvalue weighted by atomic mass is 35.5. The zero-order valence-corrected chi connectivity index (χ0v) is 11.7. The predicted octanol–water partition coefficient (Wildman–Crippen LogP) is 3.36. The summed E-state index contributed by atoms with van der Waals surface area (Å²) in [6, 6.07) is 13.8. The average molecular weight is 284 g/mol. The summed E-state index contributed by atoms with van der Waals surface area (Å²) in [7, 11) is 0. The van der Waals surface area contributed by atoms with Crippen molar-refractivity contribution in [3.8, 4) is 6.07 Å². The molecule has 0 bridgehead atoms. The van der Waals surface area contributed by atoms with Crippen molar-refractivity contribution in [2.75, 3.05) is 17.2 Å².